The van der Waals surface area contributed by atoms with Crippen molar-refractivity contribution >= 4 is 46.6 Å². The number of nitrogens with zero attached hydrogens (tertiary/aromatic N) is 1. The van der Waals surface area contributed by atoms with E-state index in [1.54, 1.807) is 48.5 Å². The number of rotatable bonds is 2. The average Bonchev–Trinajstić information content (AvgIpc) is 2.89. The quantitative estimate of drug-likeness (QED) is 0.547. The van der Waals surface area contributed by atoms with Crippen LogP contribution in [0.3, 0.4) is 0 Å². The van der Waals surface area contributed by atoms with Gasteiger partial charge in [0.25, 0.3) is 11.8 Å². The van der Waals surface area contributed by atoms with Gasteiger partial charge in [-0.15, -0.1) is 0 Å². The Hall–Kier alpha value is -3.22. The molecule has 0 spiro atoms. The van der Waals surface area contributed by atoms with Gasteiger partial charge in [-0.3, -0.25) is 9.59 Å². The lowest BCUT2D eigenvalue weighted by Crippen LogP contribution is -2.33. The summed E-state index contributed by atoms with van der Waals surface area (Å²) in [4.78, 5) is 29.3. The number of carbonyl (C=O) groups excluding carboxylic acids is 2. The summed E-state index contributed by atoms with van der Waals surface area (Å²) in [6, 6.07) is 20.4. The van der Waals surface area contributed by atoms with Crippen LogP contribution in [0.4, 0.5) is 11.4 Å². The molecule has 0 aliphatic carbocycles. The Labute approximate surface area is 182 Å². The van der Waals surface area contributed by atoms with E-state index in [2.05, 4.69) is 5.32 Å². The number of hydrogen-bond acceptors (Lipinski definition) is 5. The summed E-state index contributed by atoms with van der Waals surface area (Å²) in [6.07, 6.45) is 0. The molecule has 3 aromatic rings. The van der Waals surface area contributed by atoms with E-state index in [0.29, 0.717) is 21.2 Å². The molecule has 0 saturated heterocycles. The van der Waals surface area contributed by atoms with Crippen LogP contribution >= 0.6 is 23.4 Å². The monoisotopic (exact) mass is 434 g/mol. The van der Waals surface area contributed by atoms with Crippen LogP contribution in [0.2, 0.25) is 5.02 Å². The van der Waals surface area contributed by atoms with Gasteiger partial charge in [0.05, 0.1) is 22.2 Å². The molecule has 0 radical (unpaired) electrons. The number of phenols is 1. The van der Waals surface area contributed by atoms with Gasteiger partial charge in [0.15, 0.2) is 0 Å². The van der Waals surface area contributed by atoms with Crippen LogP contribution in [0.1, 0.15) is 11.6 Å². The number of aromatic hydroxyl groups is 1. The molecule has 2 amide bonds. The van der Waals surface area contributed by atoms with Crippen LogP contribution in [0.5, 0.6) is 5.75 Å². The predicted molar refractivity (Wildman–Crippen MR) is 118 cm³/mol. The SMILES string of the molecule is O=C1C2=C(C(=O)N1c1ccc(Cl)cc1)[C@@H](c1ccc(O)cc1)Nc1ccccc1S2. The van der Waals surface area contributed by atoms with Gasteiger partial charge in [-0.2, -0.15) is 0 Å². The fourth-order valence-corrected chi connectivity index (χ4v) is 4.86. The van der Waals surface area contributed by atoms with Crippen LogP contribution in [0, 0.1) is 0 Å². The number of halogens is 1. The van der Waals surface area contributed by atoms with E-state index in [-0.39, 0.29) is 17.6 Å². The van der Waals surface area contributed by atoms with E-state index in [1.165, 1.54) is 16.7 Å². The third-order valence-electron chi connectivity index (χ3n) is 5.07. The molecule has 30 heavy (non-hydrogen) atoms. The van der Waals surface area contributed by atoms with E-state index < -0.39 is 6.04 Å². The third kappa shape index (κ3) is 3.05. The summed E-state index contributed by atoms with van der Waals surface area (Å²) < 4.78 is 0. The molecule has 2 heterocycles. The van der Waals surface area contributed by atoms with Gasteiger partial charge in [0.1, 0.15) is 5.75 Å². The minimum atomic E-state index is -0.537. The Morgan fingerprint density at radius 1 is 0.900 bits per heavy atom. The summed E-state index contributed by atoms with van der Waals surface area (Å²) in [5.41, 5.74) is 2.48. The molecule has 0 fully saturated rings. The number of para-hydroxylation sites is 1. The van der Waals surface area contributed by atoms with Gasteiger partial charge >= 0.3 is 0 Å². The molecule has 5 rings (SSSR count). The number of imide groups is 1. The Bertz CT molecular complexity index is 1210. The Morgan fingerprint density at radius 2 is 1.60 bits per heavy atom. The molecule has 0 unspecified atom stereocenters. The van der Waals surface area contributed by atoms with Crippen molar-refractivity contribution in [2.24, 2.45) is 0 Å². The standard InChI is InChI=1S/C23H15ClN2O3S/c24-14-7-9-15(10-8-14)26-22(28)19-20(13-5-11-16(27)12-6-13)25-17-3-1-2-4-18(17)30-21(19)23(26)29/h1-12,20,25,27H/t20-/m1/s1. The number of hydrogen-bond donors (Lipinski definition) is 2. The van der Waals surface area contributed by atoms with E-state index in [9.17, 15) is 14.7 Å². The number of benzene rings is 3. The number of amides is 2. The van der Waals surface area contributed by atoms with E-state index in [1.807, 2.05) is 24.3 Å². The molecule has 148 valence electrons. The summed E-state index contributed by atoms with van der Waals surface area (Å²) in [5.74, 6) is -0.597. The lowest BCUT2D eigenvalue weighted by molar-refractivity contribution is -0.120. The van der Waals surface area contributed by atoms with Gasteiger partial charge in [-0.25, -0.2) is 4.90 Å². The minimum absolute atomic E-state index is 0.132. The fourth-order valence-electron chi connectivity index (χ4n) is 3.63. The first-order valence-corrected chi connectivity index (χ1v) is 10.4. The van der Waals surface area contributed by atoms with Crippen molar-refractivity contribution in [1.82, 2.24) is 0 Å². The summed E-state index contributed by atoms with van der Waals surface area (Å²) in [7, 11) is 0. The van der Waals surface area contributed by atoms with E-state index in [0.717, 1.165) is 16.1 Å². The van der Waals surface area contributed by atoms with Crippen LogP contribution in [-0.4, -0.2) is 16.9 Å². The van der Waals surface area contributed by atoms with Crippen molar-refractivity contribution in [3.8, 4) is 5.75 Å². The number of fused-ring (bicyclic) bond motifs is 1. The second-order valence-corrected chi connectivity index (χ2v) is 8.42. The summed E-state index contributed by atoms with van der Waals surface area (Å²) in [6.45, 7) is 0. The highest BCUT2D eigenvalue weighted by atomic mass is 35.5. The van der Waals surface area contributed by atoms with Crippen molar-refractivity contribution in [2.75, 3.05) is 10.2 Å². The molecule has 1 atom stereocenters. The first-order valence-electron chi connectivity index (χ1n) is 9.24. The van der Waals surface area contributed by atoms with Crippen molar-refractivity contribution in [3.63, 3.8) is 0 Å². The smallest absolute Gasteiger partial charge is 0.272 e. The lowest BCUT2D eigenvalue weighted by atomic mass is 9.98. The molecule has 7 heteroatoms. The van der Waals surface area contributed by atoms with Crippen molar-refractivity contribution in [1.29, 1.82) is 0 Å². The lowest BCUT2D eigenvalue weighted by Gasteiger charge is -2.22. The molecule has 5 nitrogen and oxygen atoms in total. The van der Waals surface area contributed by atoms with Crippen LogP contribution < -0.4 is 10.2 Å². The molecule has 0 aromatic heterocycles. The average molecular weight is 435 g/mol. The summed E-state index contributed by atoms with van der Waals surface area (Å²) >= 11 is 7.27. The zero-order valence-electron chi connectivity index (χ0n) is 15.5. The van der Waals surface area contributed by atoms with Gasteiger partial charge in [-0.05, 0) is 54.1 Å². The predicted octanol–water partition coefficient (Wildman–Crippen LogP) is 5.13. The number of thioether (sulfide) groups is 1. The molecule has 0 saturated carbocycles. The highest BCUT2D eigenvalue weighted by molar-refractivity contribution is 8.04. The van der Waals surface area contributed by atoms with Crippen molar-refractivity contribution < 1.29 is 14.7 Å². The Kier molecular flexibility index (Phi) is 4.53. The van der Waals surface area contributed by atoms with Gasteiger partial charge in [0, 0.05) is 15.6 Å². The zero-order chi connectivity index (χ0) is 20.8. The van der Waals surface area contributed by atoms with Crippen molar-refractivity contribution in [3.05, 3.63) is 93.9 Å². The van der Waals surface area contributed by atoms with E-state index >= 15 is 0 Å². The number of anilines is 2. The normalized spacial score (nSPS) is 18.0. The minimum Gasteiger partial charge on any atom is -0.508 e. The molecule has 0 bridgehead atoms. The maximum absolute atomic E-state index is 13.5. The highest BCUT2D eigenvalue weighted by Gasteiger charge is 2.45. The molecular weight excluding hydrogens is 420 g/mol. The van der Waals surface area contributed by atoms with Gasteiger partial charge < -0.3 is 10.4 Å². The number of phenolic OH excluding ortho intramolecular Hbond substituents is 1. The van der Waals surface area contributed by atoms with Crippen LogP contribution in [-0.2, 0) is 9.59 Å². The number of carbonyl (C=O) groups is 2. The largest absolute Gasteiger partial charge is 0.508 e. The highest BCUT2D eigenvalue weighted by Crippen LogP contribution is 2.48. The second-order valence-electron chi connectivity index (χ2n) is 6.93. The number of nitrogens with one attached hydrogen (secondary N) is 1. The third-order valence-corrected chi connectivity index (χ3v) is 6.50. The Morgan fingerprint density at radius 3 is 2.33 bits per heavy atom. The zero-order valence-corrected chi connectivity index (χ0v) is 17.1. The molecule has 2 aliphatic rings. The van der Waals surface area contributed by atoms with E-state index in [4.69, 9.17) is 11.6 Å². The first-order chi connectivity index (χ1) is 14.5. The Balaban J connectivity index is 1.65. The van der Waals surface area contributed by atoms with Gasteiger partial charge in [0.2, 0.25) is 0 Å². The molecule has 2 N–H and O–H groups in total. The summed E-state index contributed by atoms with van der Waals surface area (Å²) in [5, 5.41) is 13.6. The second kappa shape index (κ2) is 7.23. The topological polar surface area (TPSA) is 69.6 Å². The maximum atomic E-state index is 13.5. The first kappa shape index (κ1) is 18.8. The molecule has 2 aliphatic heterocycles. The van der Waals surface area contributed by atoms with Crippen LogP contribution in [0.15, 0.2) is 88.2 Å². The van der Waals surface area contributed by atoms with Crippen LogP contribution in [0.25, 0.3) is 0 Å². The molecule has 3 aromatic carbocycles. The fraction of sp³-hybridized carbons (Fsp3) is 0.0435. The van der Waals surface area contributed by atoms with Crippen molar-refractivity contribution in [2.45, 2.75) is 10.9 Å². The molecular formula is C23H15ClN2O3S. The van der Waals surface area contributed by atoms with Gasteiger partial charge in [-0.1, -0.05) is 47.6 Å². The maximum Gasteiger partial charge on any atom is 0.272 e.